The molecule has 0 spiro atoms. The molecule has 0 nitrogen and oxygen atoms in total. The smallest absolute Gasteiger partial charge is 0.0388 e. The highest BCUT2D eigenvalue weighted by molar-refractivity contribution is 4.71. The lowest BCUT2D eigenvalue weighted by Crippen LogP contribution is -2.11. The van der Waals surface area contributed by atoms with E-state index in [4.69, 9.17) is 0 Å². The normalized spacial score (nSPS) is 16.6. The maximum atomic E-state index is 4.55. The van der Waals surface area contributed by atoms with E-state index in [0.717, 1.165) is 23.7 Å². The van der Waals surface area contributed by atoms with Crippen molar-refractivity contribution in [3.05, 3.63) is 6.92 Å². The Balaban J connectivity index is 3.67. The molecule has 0 saturated heterocycles. The summed E-state index contributed by atoms with van der Waals surface area (Å²) in [5, 5.41) is 0. The molecule has 0 aliphatic rings. The highest BCUT2D eigenvalue weighted by atomic mass is 14.2. The van der Waals surface area contributed by atoms with Crippen molar-refractivity contribution in [2.45, 2.75) is 170 Å². The summed E-state index contributed by atoms with van der Waals surface area (Å²) in [6.45, 7) is 19.0. The molecule has 0 N–H and O–H groups in total. The van der Waals surface area contributed by atoms with Gasteiger partial charge in [-0.3, -0.25) is 0 Å². The van der Waals surface area contributed by atoms with Crippen LogP contribution in [0.4, 0.5) is 0 Å². The van der Waals surface area contributed by atoms with Crippen molar-refractivity contribution >= 4 is 0 Å². The molecule has 0 saturated carbocycles. The molecule has 0 fully saturated rings. The largest absolute Gasteiger partial charge is 0.0654 e. The van der Waals surface area contributed by atoms with Crippen molar-refractivity contribution in [2.24, 2.45) is 29.6 Å². The monoisotopic (exact) mass is 450 g/mol. The first-order chi connectivity index (χ1) is 15.4. The maximum Gasteiger partial charge on any atom is -0.0388 e. The summed E-state index contributed by atoms with van der Waals surface area (Å²) in [5.74, 6) is 4.21. The van der Waals surface area contributed by atoms with Gasteiger partial charge in [-0.1, -0.05) is 164 Å². The van der Waals surface area contributed by atoms with E-state index in [2.05, 4.69) is 48.5 Å². The molecule has 0 bridgehead atoms. The molecule has 0 heterocycles. The van der Waals surface area contributed by atoms with E-state index in [1.807, 2.05) is 0 Å². The van der Waals surface area contributed by atoms with Gasteiger partial charge in [-0.15, -0.1) is 0 Å². The van der Waals surface area contributed by atoms with Crippen molar-refractivity contribution in [3.8, 4) is 0 Å². The molecule has 0 aliphatic heterocycles. The van der Waals surface area contributed by atoms with Crippen LogP contribution >= 0.6 is 0 Å². The fraction of sp³-hybridized carbons (Fsp3) is 0.969. The SMILES string of the molecule is [CH2]C(CCC(C)CCCCC(C)CCCCCC)C(C)CCCC(C)CCCCCCC. The molecule has 193 valence electrons. The van der Waals surface area contributed by atoms with Gasteiger partial charge in [0, 0.05) is 0 Å². The topological polar surface area (TPSA) is 0 Å². The van der Waals surface area contributed by atoms with E-state index in [1.54, 1.807) is 0 Å². The van der Waals surface area contributed by atoms with E-state index >= 15 is 0 Å². The molecule has 0 rings (SSSR count). The van der Waals surface area contributed by atoms with Crippen LogP contribution in [0.25, 0.3) is 0 Å². The van der Waals surface area contributed by atoms with Crippen LogP contribution in [-0.4, -0.2) is 0 Å². The Kier molecular flexibility index (Phi) is 22.8. The minimum absolute atomic E-state index is 0.657. The standard InChI is InChI=1S/C32H65/c1-8-10-12-14-16-21-29(4)24-19-25-31(6)32(7)27-26-30(5)23-18-17-22-28(3)20-15-13-11-9-2/h28-32H,7-27H2,1-6H3. The van der Waals surface area contributed by atoms with Gasteiger partial charge in [-0.05, 0) is 42.9 Å². The molecule has 0 aromatic carbocycles. The highest BCUT2D eigenvalue weighted by Crippen LogP contribution is 2.27. The third kappa shape index (κ3) is 20.6. The Morgan fingerprint density at radius 3 is 1.28 bits per heavy atom. The summed E-state index contributed by atoms with van der Waals surface area (Å²) < 4.78 is 0. The molecule has 1 radical (unpaired) electrons. The first kappa shape index (κ1) is 32.0. The van der Waals surface area contributed by atoms with E-state index in [9.17, 15) is 0 Å². The van der Waals surface area contributed by atoms with Crippen LogP contribution in [-0.2, 0) is 0 Å². The zero-order chi connectivity index (χ0) is 24.0. The average Bonchev–Trinajstić information content (AvgIpc) is 2.77. The van der Waals surface area contributed by atoms with Gasteiger partial charge in [0.2, 0.25) is 0 Å². The third-order valence-electron chi connectivity index (χ3n) is 8.19. The summed E-state index contributed by atoms with van der Waals surface area (Å²) in [5.41, 5.74) is 0. The second kappa shape index (κ2) is 22.8. The zero-order valence-electron chi connectivity index (χ0n) is 23.7. The minimum Gasteiger partial charge on any atom is -0.0654 e. The molecule has 5 atom stereocenters. The van der Waals surface area contributed by atoms with E-state index in [-0.39, 0.29) is 0 Å². The molecule has 0 aromatic rings. The summed E-state index contributed by atoms with van der Waals surface area (Å²) in [6.07, 6.45) is 28.4. The van der Waals surface area contributed by atoms with Crippen molar-refractivity contribution in [2.75, 3.05) is 0 Å². The molecule has 32 heavy (non-hydrogen) atoms. The van der Waals surface area contributed by atoms with Gasteiger partial charge in [0.25, 0.3) is 0 Å². The Morgan fingerprint density at radius 2 is 0.781 bits per heavy atom. The second-order valence-electron chi connectivity index (χ2n) is 11.9. The Bertz CT molecular complexity index is 359. The number of rotatable bonds is 24. The fourth-order valence-corrected chi connectivity index (χ4v) is 5.24. The van der Waals surface area contributed by atoms with Crippen LogP contribution in [0.1, 0.15) is 170 Å². The second-order valence-corrected chi connectivity index (χ2v) is 11.9. The predicted octanol–water partition coefficient (Wildman–Crippen LogP) is 11.8. The Labute approximate surface area is 206 Å². The lowest BCUT2D eigenvalue weighted by atomic mass is 9.84. The summed E-state index contributed by atoms with van der Waals surface area (Å²) in [4.78, 5) is 0. The lowest BCUT2D eigenvalue weighted by Gasteiger charge is -2.22. The van der Waals surface area contributed by atoms with Crippen molar-refractivity contribution in [1.82, 2.24) is 0 Å². The van der Waals surface area contributed by atoms with Gasteiger partial charge in [0.1, 0.15) is 0 Å². The van der Waals surface area contributed by atoms with Gasteiger partial charge in [0.05, 0.1) is 0 Å². The lowest BCUT2D eigenvalue weighted by molar-refractivity contribution is 0.316. The molecule has 0 heteroatoms. The van der Waals surface area contributed by atoms with E-state index in [1.165, 1.54) is 128 Å². The Hall–Kier alpha value is 0. The van der Waals surface area contributed by atoms with Gasteiger partial charge < -0.3 is 0 Å². The van der Waals surface area contributed by atoms with Crippen molar-refractivity contribution < 1.29 is 0 Å². The first-order valence-electron chi connectivity index (χ1n) is 15.2. The van der Waals surface area contributed by atoms with Crippen LogP contribution in [0.15, 0.2) is 0 Å². The zero-order valence-corrected chi connectivity index (χ0v) is 23.7. The van der Waals surface area contributed by atoms with Crippen LogP contribution in [0.3, 0.4) is 0 Å². The van der Waals surface area contributed by atoms with E-state index in [0.29, 0.717) is 5.92 Å². The summed E-state index contributed by atoms with van der Waals surface area (Å²) >= 11 is 0. The number of hydrogen-bond acceptors (Lipinski definition) is 0. The summed E-state index contributed by atoms with van der Waals surface area (Å²) in [6, 6.07) is 0. The molecule has 5 unspecified atom stereocenters. The van der Waals surface area contributed by atoms with Crippen LogP contribution < -0.4 is 0 Å². The third-order valence-corrected chi connectivity index (χ3v) is 8.19. The van der Waals surface area contributed by atoms with Crippen LogP contribution in [0.5, 0.6) is 0 Å². The predicted molar refractivity (Wildman–Crippen MR) is 149 cm³/mol. The molecule has 0 amide bonds. The van der Waals surface area contributed by atoms with Crippen LogP contribution in [0, 0.1) is 36.5 Å². The molecular formula is C32H65. The van der Waals surface area contributed by atoms with Crippen LogP contribution in [0.2, 0.25) is 0 Å². The number of unbranched alkanes of at least 4 members (excludes halogenated alkanes) is 8. The van der Waals surface area contributed by atoms with Gasteiger partial charge in [0.15, 0.2) is 0 Å². The minimum atomic E-state index is 0.657. The molecule has 0 aromatic heterocycles. The maximum absolute atomic E-state index is 4.55. The van der Waals surface area contributed by atoms with Gasteiger partial charge in [-0.25, -0.2) is 0 Å². The van der Waals surface area contributed by atoms with Crippen molar-refractivity contribution in [1.29, 1.82) is 0 Å². The van der Waals surface area contributed by atoms with Gasteiger partial charge in [-0.2, -0.15) is 0 Å². The molecular weight excluding hydrogens is 384 g/mol. The summed E-state index contributed by atoms with van der Waals surface area (Å²) in [7, 11) is 0. The quantitative estimate of drug-likeness (QED) is 0.128. The Morgan fingerprint density at radius 1 is 0.406 bits per heavy atom. The fourth-order valence-electron chi connectivity index (χ4n) is 5.24. The average molecular weight is 450 g/mol. The highest BCUT2D eigenvalue weighted by Gasteiger charge is 2.14. The van der Waals surface area contributed by atoms with Gasteiger partial charge >= 0.3 is 0 Å². The molecule has 0 aliphatic carbocycles. The van der Waals surface area contributed by atoms with Crippen molar-refractivity contribution in [3.63, 3.8) is 0 Å². The van der Waals surface area contributed by atoms with E-state index < -0.39 is 0 Å². The first-order valence-corrected chi connectivity index (χ1v) is 15.2. The number of hydrogen-bond donors (Lipinski definition) is 0.